The molecule has 156 valence electrons. The van der Waals surface area contributed by atoms with E-state index in [0.717, 1.165) is 11.0 Å². The summed E-state index contributed by atoms with van der Waals surface area (Å²) in [5, 5.41) is 7.95. The van der Waals surface area contributed by atoms with Crippen LogP contribution in [0.1, 0.15) is 15.9 Å². The number of halogens is 1. The highest BCUT2D eigenvalue weighted by molar-refractivity contribution is 5.97. The van der Waals surface area contributed by atoms with Crippen LogP contribution in [0.15, 0.2) is 60.8 Å². The van der Waals surface area contributed by atoms with E-state index in [4.69, 9.17) is 0 Å². The van der Waals surface area contributed by atoms with Crippen LogP contribution in [0.4, 0.5) is 4.39 Å². The first-order valence-corrected chi connectivity index (χ1v) is 10.2. The summed E-state index contributed by atoms with van der Waals surface area (Å²) >= 11 is 0. The minimum absolute atomic E-state index is 0.0110. The average molecular weight is 416 g/mol. The number of rotatable bonds is 4. The first-order chi connectivity index (χ1) is 15.2. The zero-order valence-electron chi connectivity index (χ0n) is 16.8. The molecule has 3 heterocycles. The Morgan fingerprint density at radius 2 is 1.87 bits per heavy atom. The van der Waals surface area contributed by atoms with Crippen LogP contribution in [0.5, 0.6) is 0 Å². The molecule has 1 N–H and O–H groups in total. The van der Waals surface area contributed by atoms with Crippen molar-refractivity contribution in [2.45, 2.75) is 6.54 Å². The van der Waals surface area contributed by atoms with Gasteiger partial charge in [0.1, 0.15) is 11.5 Å². The van der Waals surface area contributed by atoms with Gasteiger partial charge < -0.3 is 9.88 Å². The van der Waals surface area contributed by atoms with Crippen LogP contribution < -0.4 is 0 Å². The zero-order valence-corrected chi connectivity index (χ0v) is 16.8. The summed E-state index contributed by atoms with van der Waals surface area (Å²) in [7, 11) is 0. The summed E-state index contributed by atoms with van der Waals surface area (Å²) in [6.45, 7) is 3.20. The van der Waals surface area contributed by atoms with E-state index in [2.05, 4.69) is 25.1 Å². The van der Waals surface area contributed by atoms with Gasteiger partial charge in [0.2, 0.25) is 0 Å². The van der Waals surface area contributed by atoms with Gasteiger partial charge in [0.05, 0.1) is 11.0 Å². The Bertz CT molecular complexity index is 1220. The number of nitrogens with one attached hydrogen (secondary N) is 1. The third-order valence-corrected chi connectivity index (χ3v) is 5.56. The Kier molecular flexibility index (Phi) is 5.13. The number of fused-ring (bicyclic) bond motifs is 1. The van der Waals surface area contributed by atoms with E-state index < -0.39 is 0 Å². The highest BCUT2D eigenvalue weighted by atomic mass is 19.1. The van der Waals surface area contributed by atoms with E-state index in [9.17, 15) is 9.18 Å². The largest absolute Gasteiger partial charge is 0.337 e. The van der Waals surface area contributed by atoms with E-state index in [1.165, 1.54) is 6.07 Å². The molecule has 0 unspecified atom stereocenters. The number of piperazine rings is 1. The highest BCUT2D eigenvalue weighted by Gasteiger charge is 2.23. The second kappa shape index (κ2) is 8.23. The Morgan fingerprint density at radius 3 is 2.65 bits per heavy atom. The second-order valence-electron chi connectivity index (χ2n) is 7.59. The maximum absolute atomic E-state index is 13.9. The molecule has 1 saturated heterocycles. The van der Waals surface area contributed by atoms with Gasteiger partial charge in [-0.1, -0.05) is 18.2 Å². The van der Waals surface area contributed by atoms with Crippen LogP contribution in [0.3, 0.4) is 0 Å². The fraction of sp³-hybridized carbons (Fsp3) is 0.217. The molecule has 0 spiro atoms. The molecule has 5 rings (SSSR count). The SMILES string of the molecule is O=C(c1ccc2nc(-c3cccnn3)[nH]c2c1)N1CCN(Cc2ccccc2F)CC1. The van der Waals surface area contributed by atoms with Gasteiger partial charge in [0, 0.05) is 50.0 Å². The van der Waals surface area contributed by atoms with Crippen molar-refractivity contribution in [2.24, 2.45) is 0 Å². The van der Waals surface area contributed by atoms with Crippen LogP contribution in [-0.4, -0.2) is 62.1 Å². The molecule has 1 aliphatic rings. The van der Waals surface area contributed by atoms with Crippen molar-refractivity contribution >= 4 is 16.9 Å². The number of amides is 1. The maximum atomic E-state index is 13.9. The quantitative estimate of drug-likeness (QED) is 0.553. The summed E-state index contributed by atoms with van der Waals surface area (Å²) in [5.74, 6) is 0.423. The number of hydrogen-bond donors (Lipinski definition) is 1. The highest BCUT2D eigenvalue weighted by Crippen LogP contribution is 2.21. The van der Waals surface area contributed by atoms with Crippen molar-refractivity contribution in [3.8, 4) is 11.5 Å². The summed E-state index contributed by atoms with van der Waals surface area (Å²) in [6, 6.07) is 15.9. The number of H-pyrrole nitrogens is 1. The van der Waals surface area contributed by atoms with Crippen LogP contribution in [0.25, 0.3) is 22.6 Å². The fourth-order valence-electron chi connectivity index (χ4n) is 3.85. The number of carbonyl (C=O) groups is 1. The Labute approximate surface area is 178 Å². The van der Waals surface area contributed by atoms with Gasteiger partial charge in [-0.15, -0.1) is 5.10 Å². The number of carbonyl (C=O) groups excluding carboxylic acids is 1. The summed E-state index contributed by atoms with van der Waals surface area (Å²) in [4.78, 5) is 24.8. The summed E-state index contributed by atoms with van der Waals surface area (Å²) in [5.41, 5.74) is 3.50. The Hall–Kier alpha value is -3.65. The molecule has 7 nitrogen and oxygen atoms in total. The summed E-state index contributed by atoms with van der Waals surface area (Å²) < 4.78 is 13.9. The minimum Gasteiger partial charge on any atom is -0.337 e. The zero-order chi connectivity index (χ0) is 21.2. The number of nitrogens with zero attached hydrogens (tertiary/aromatic N) is 5. The molecule has 0 saturated carbocycles. The minimum atomic E-state index is -0.185. The van der Waals surface area contributed by atoms with Crippen molar-refractivity contribution in [3.63, 3.8) is 0 Å². The molecule has 31 heavy (non-hydrogen) atoms. The first kappa shape index (κ1) is 19.3. The van der Waals surface area contributed by atoms with E-state index in [0.29, 0.717) is 55.4 Å². The number of imidazole rings is 1. The normalized spacial score (nSPS) is 14.8. The molecular formula is C23H21FN6O. The second-order valence-corrected chi connectivity index (χ2v) is 7.59. The predicted octanol–water partition coefficient (Wildman–Crippen LogP) is 3.12. The number of benzene rings is 2. The monoisotopic (exact) mass is 416 g/mol. The predicted molar refractivity (Wildman–Crippen MR) is 115 cm³/mol. The topological polar surface area (TPSA) is 78.0 Å². The third kappa shape index (κ3) is 4.02. The fourth-order valence-corrected chi connectivity index (χ4v) is 3.85. The Morgan fingerprint density at radius 1 is 1.03 bits per heavy atom. The molecule has 4 aromatic rings. The summed E-state index contributed by atoms with van der Waals surface area (Å²) in [6.07, 6.45) is 1.61. The first-order valence-electron chi connectivity index (χ1n) is 10.2. The van der Waals surface area contributed by atoms with Crippen LogP contribution in [0, 0.1) is 5.82 Å². The van der Waals surface area contributed by atoms with Gasteiger partial charge in [0.25, 0.3) is 5.91 Å². The molecule has 1 amide bonds. The van der Waals surface area contributed by atoms with Crippen molar-refractivity contribution in [2.75, 3.05) is 26.2 Å². The lowest BCUT2D eigenvalue weighted by Gasteiger charge is -2.34. The van der Waals surface area contributed by atoms with E-state index in [1.807, 2.05) is 35.2 Å². The number of hydrogen-bond acceptors (Lipinski definition) is 5. The molecule has 1 fully saturated rings. The van der Waals surface area contributed by atoms with Gasteiger partial charge >= 0.3 is 0 Å². The lowest BCUT2D eigenvalue weighted by Crippen LogP contribution is -2.48. The number of aromatic nitrogens is 4. The molecule has 0 bridgehead atoms. The maximum Gasteiger partial charge on any atom is 0.254 e. The van der Waals surface area contributed by atoms with Crippen LogP contribution >= 0.6 is 0 Å². The average Bonchev–Trinajstić information content (AvgIpc) is 3.25. The van der Waals surface area contributed by atoms with E-state index in [-0.39, 0.29) is 11.7 Å². The van der Waals surface area contributed by atoms with Crippen LogP contribution in [0.2, 0.25) is 0 Å². The van der Waals surface area contributed by atoms with Crippen molar-refractivity contribution in [1.82, 2.24) is 30.0 Å². The van der Waals surface area contributed by atoms with Gasteiger partial charge in [0.15, 0.2) is 5.82 Å². The van der Waals surface area contributed by atoms with E-state index in [1.54, 1.807) is 24.4 Å². The molecule has 0 aliphatic carbocycles. The molecule has 0 radical (unpaired) electrons. The van der Waals surface area contributed by atoms with Crippen LogP contribution in [-0.2, 0) is 6.54 Å². The number of aromatic amines is 1. The van der Waals surface area contributed by atoms with Gasteiger partial charge in [-0.2, -0.15) is 5.10 Å². The molecule has 2 aromatic carbocycles. The van der Waals surface area contributed by atoms with Gasteiger partial charge in [-0.3, -0.25) is 9.69 Å². The molecular weight excluding hydrogens is 395 g/mol. The Balaban J connectivity index is 1.27. The smallest absolute Gasteiger partial charge is 0.254 e. The molecule has 1 aliphatic heterocycles. The van der Waals surface area contributed by atoms with Gasteiger partial charge in [-0.25, -0.2) is 9.37 Å². The van der Waals surface area contributed by atoms with Gasteiger partial charge in [-0.05, 0) is 36.4 Å². The van der Waals surface area contributed by atoms with Crippen molar-refractivity contribution in [3.05, 3.63) is 77.7 Å². The molecule has 0 atom stereocenters. The van der Waals surface area contributed by atoms with Crippen molar-refractivity contribution in [1.29, 1.82) is 0 Å². The lowest BCUT2D eigenvalue weighted by atomic mass is 10.1. The van der Waals surface area contributed by atoms with Crippen molar-refractivity contribution < 1.29 is 9.18 Å². The lowest BCUT2D eigenvalue weighted by molar-refractivity contribution is 0.0627. The third-order valence-electron chi connectivity index (χ3n) is 5.56. The van der Waals surface area contributed by atoms with E-state index >= 15 is 0 Å². The molecule has 8 heteroatoms. The standard InChI is InChI=1S/C23H21FN6O/c24-18-5-2-1-4-17(18)15-29-10-12-30(13-11-29)23(31)16-7-8-19-21(14-16)27-22(26-19)20-6-3-9-25-28-20/h1-9,14H,10-13,15H2,(H,26,27). The molecule has 2 aromatic heterocycles.